The first-order valence-electron chi connectivity index (χ1n) is 11.4. The number of hydrogen-bond donors (Lipinski definition) is 2. The van der Waals surface area contributed by atoms with E-state index >= 15 is 0 Å². The zero-order valence-electron chi connectivity index (χ0n) is 18.9. The van der Waals surface area contributed by atoms with E-state index in [2.05, 4.69) is 20.4 Å². The van der Waals surface area contributed by atoms with Crippen LogP contribution in [0.15, 0.2) is 67.1 Å². The Morgan fingerprint density at radius 2 is 1.94 bits per heavy atom. The molecule has 0 aliphatic heterocycles. The van der Waals surface area contributed by atoms with Crippen molar-refractivity contribution in [3.63, 3.8) is 0 Å². The van der Waals surface area contributed by atoms with Crippen LogP contribution in [0.1, 0.15) is 41.7 Å². The Labute approximate surface area is 202 Å². The molecule has 3 heterocycles. The highest BCUT2D eigenvalue weighted by Crippen LogP contribution is 2.43. The van der Waals surface area contributed by atoms with Gasteiger partial charge in [-0.1, -0.05) is 54.8 Å². The van der Waals surface area contributed by atoms with Gasteiger partial charge in [-0.25, -0.2) is 4.98 Å². The molecule has 1 aliphatic carbocycles. The predicted molar refractivity (Wildman–Crippen MR) is 131 cm³/mol. The smallest absolute Gasteiger partial charge is 0.271 e. The number of benzene rings is 1. The van der Waals surface area contributed by atoms with Gasteiger partial charge in [-0.05, 0) is 31.0 Å². The van der Waals surface area contributed by atoms with Crippen molar-refractivity contribution < 1.29 is 9.90 Å². The molecule has 174 valence electrons. The lowest BCUT2D eigenvalue weighted by atomic mass is 9.78. The molecule has 1 fully saturated rings. The molecule has 0 bridgehead atoms. The lowest BCUT2D eigenvalue weighted by molar-refractivity contribution is 0.0343. The summed E-state index contributed by atoms with van der Waals surface area (Å²) in [7, 11) is 1.85. The number of alkyl halides is 1. The highest BCUT2D eigenvalue weighted by molar-refractivity contribution is 6.25. The third-order valence-corrected chi connectivity index (χ3v) is 7.14. The van der Waals surface area contributed by atoms with Gasteiger partial charge in [-0.15, -0.1) is 0 Å². The van der Waals surface area contributed by atoms with Crippen LogP contribution in [-0.2, 0) is 12.0 Å². The molecule has 3 atom stereocenters. The van der Waals surface area contributed by atoms with E-state index in [1.807, 2.05) is 55.7 Å². The zero-order valence-corrected chi connectivity index (χ0v) is 19.6. The average molecular weight is 476 g/mol. The number of pyridine rings is 2. The monoisotopic (exact) mass is 475 g/mol. The first-order valence-corrected chi connectivity index (χ1v) is 11.8. The molecule has 1 amide bonds. The number of aryl methyl sites for hydroxylation is 1. The highest BCUT2D eigenvalue weighted by Gasteiger charge is 2.45. The Kier molecular flexibility index (Phi) is 6.06. The Balaban J connectivity index is 1.49. The fraction of sp³-hybridized carbons (Fsp3) is 0.308. The van der Waals surface area contributed by atoms with E-state index in [9.17, 15) is 9.90 Å². The van der Waals surface area contributed by atoms with Crippen molar-refractivity contribution in [2.24, 2.45) is 13.0 Å². The Hall–Kier alpha value is -3.29. The predicted octanol–water partition coefficient (Wildman–Crippen LogP) is 4.40. The molecule has 0 radical (unpaired) electrons. The molecular weight excluding hydrogens is 450 g/mol. The van der Waals surface area contributed by atoms with Crippen molar-refractivity contribution >= 4 is 28.4 Å². The third-order valence-electron chi connectivity index (χ3n) is 6.55. The van der Waals surface area contributed by atoms with E-state index in [4.69, 9.17) is 11.6 Å². The second kappa shape index (κ2) is 9.16. The number of aromatic nitrogens is 4. The number of rotatable bonds is 5. The number of para-hydroxylation sites is 1. The first-order chi connectivity index (χ1) is 16.4. The number of nitrogens with one attached hydrogen (secondary N) is 1. The van der Waals surface area contributed by atoms with Crippen LogP contribution in [0.4, 0.5) is 0 Å². The third kappa shape index (κ3) is 4.29. The average Bonchev–Trinajstić information content (AvgIpc) is 3.30. The van der Waals surface area contributed by atoms with Gasteiger partial charge < -0.3 is 10.4 Å². The summed E-state index contributed by atoms with van der Waals surface area (Å²) >= 11 is 7.23. The fourth-order valence-corrected chi connectivity index (χ4v) is 5.16. The molecule has 2 N–H and O–H groups in total. The van der Waals surface area contributed by atoms with Gasteiger partial charge >= 0.3 is 0 Å². The van der Waals surface area contributed by atoms with Gasteiger partial charge in [0, 0.05) is 41.9 Å². The topological polar surface area (TPSA) is 92.9 Å². The van der Waals surface area contributed by atoms with E-state index in [1.165, 1.54) is 0 Å². The summed E-state index contributed by atoms with van der Waals surface area (Å²) < 4.78 is 1.71. The number of hydrogen-bond acceptors (Lipinski definition) is 5. The van der Waals surface area contributed by atoms with E-state index in [0.29, 0.717) is 18.4 Å². The molecule has 1 aliphatic rings. The van der Waals surface area contributed by atoms with Crippen LogP contribution in [0.25, 0.3) is 22.2 Å². The molecule has 1 aromatic carbocycles. The van der Waals surface area contributed by atoms with E-state index in [0.717, 1.165) is 35.0 Å². The van der Waals surface area contributed by atoms with Crippen molar-refractivity contribution in [3.05, 3.63) is 78.4 Å². The highest BCUT2D eigenvalue weighted by atomic mass is 35.5. The molecule has 34 heavy (non-hydrogen) atoms. The largest absolute Gasteiger partial charge is 0.393 e. The summed E-state index contributed by atoms with van der Waals surface area (Å²) in [6.07, 6.45) is 7.87. The van der Waals surface area contributed by atoms with Crippen molar-refractivity contribution in [2.75, 3.05) is 0 Å². The van der Waals surface area contributed by atoms with Crippen LogP contribution >= 0.6 is 11.6 Å². The molecule has 8 heteroatoms. The maximum atomic E-state index is 13.3. The molecule has 3 aromatic heterocycles. The number of halogens is 1. The van der Waals surface area contributed by atoms with Crippen LogP contribution in [0.2, 0.25) is 0 Å². The number of fused-ring (bicyclic) bond motifs is 1. The Bertz CT molecular complexity index is 1320. The van der Waals surface area contributed by atoms with Gasteiger partial charge in [-0.3, -0.25) is 14.5 Å². The molecule has 1 saturated carbocycles. The summed E-state index contributed by atoms with van der Waals surface area (Å²) in [5, 5.41) is 19.0. The molecule has 0 spiro atoms. The summed E-state index contributed by atoms with van der Waals surface area (Å²) in [5.74, 6) is -0.756. The zero-order chi connectivity index (χ0) is 23.7. The minimum absolute atomic E-state index is 0.272. The Morgan fingerprint density at radius 3 is 2.68 bits per heavy atom. The minimum Gasteiger partial charge on any atom is -0.393 e. The maximum absolute atomic E-state index is 13.3. The standard InChI is InChI=1S/C26H26ClN5O2/c1-32-16-18(14-29-32)21-13-11-19(15-28-21)26(27,20-7-3-5-9-24(20)33)31-25(34)23-12-10-17-6-2-4-8-22(17)30-23/h2,4,6,8,10-16,20,24,33H,3,5,7,9H2,1H3,(H,31,34)/t20-,24-,26?/m0/s1. The molecular formula is C26H26ClN5O2. The number of amides is 1. The second-order valence-electron chi connectivity index (χ2n) is 8.85. The quantitative estimate of drug-likeness (QED) is 0.329. The second-order valence-corrected chi connectivity index (χ2v) is 9.44. The van der Waals surface area contributed by atoms with Crippen molar-refractivity contribution in [3.8, 4) is 11.3 Å². The summed E-state index contributed by atoms with van der Waals surface area (Å²) in [6, 6.07) is 14.9. The van der Waals surface area contributed by atoms with E-state index in [1.54, 1.807) is 23.1 Å². The van der Waals surface area contributed by atoms with Gasteiger partial charge in [-0.2, -0.15) is 5.10 Å². The Morgan fingerprint density at radius 1 is 1.12 bits per heavy atom. The number of nitrogens with zero attached hydrogens (tertiary/aromatic N) is 4. The minimum atomic E-state index is -1.33. The number of carbonyl (C=O) groups is 1. The van der Waals surface area contributed by atoms with E-state index in [-0.39, 0.29) is 11.6 Å². The van der Waals surface area contributed by atoms with Crippen molar-refractivity contribution in [1.29, 1.82) is 0 Å². The lowest BCUT2D eigenvalue weighted by Gasteiger charge is -2.41. The number of aliphatic hydroxyl groups is 1. The normalized spacial score (nSPS) is 20.1. The summed E-state index contributed by atoms with van der Waals surface area (Å²) in [4.78, 5) is 21.1. The SMILES string of the molecule is Cn1cc(-c2ccc(C(Cl)(NC(=O)c3ccc4ccccc4n3)[C@H]3CCCC[C@@H]3O)cn2)cn1. The van der Waals surface area contributed by atoms with Gasteiger partial charge in [0.25, 0.3) is 5.91 Å². The van der Waals surface area contributed by atoms with Crippen LogP contribution in [0, 0.1) is 5.92 Å². The number of carbonyl (C=O) groups excluding carboxylic acids is 1. The van der Waals surface area contributed by atoms with Crippen LogP contribution < -0.4 is 5.32 Å². The molecule has 5 rings (SSSR count). The van der Waals surface area contributed by atoms with Gasteiger partial charge in [0.05, 0.1) is 23.5 Å². The van der Waals surface area contributed by atoms with Gasteiger partial charge in [0.1, 0.15) is 10.7 Å². The van der Waals surface area contributed by atoms with Gasteiger partial charge in [0.15, 0.2) is 0 Å². The molecule has 0 saturated heterocycles. The van der Waals surface area contributed by atoms with E-state index < -0.39 is 17.0 Å². The summed E-state index contributed by atoms with van der Waals surface area (Å²) in [6.45, 7) is 0. The number of aliphatic hydroxyl groups excluding tert-OH is 1. The molecule has 1 unspecified atom stereocenters. The van der Waals surface area contributed by atoms with Crippen LogP contribution in [0.3, 0.4) is 0 Å². The van der Waals surface area contributed by atoms with Crippen molar-refractivity contribution in [1.82, 2.24) is 25.1 Å². The molecule has 7 nitrogen and oxygen atoms in total. The van der Waals surface area contributed by atoms with Crippen molar-refractivity contribution in [2.45, 2.75) is 36.8 Å². The van der Waals surface area contributed by atoms with Crippen LogP contribution in [-0.4, -0.2) is 36.9 Å². The molecule has 4 aromatic rings. The maximum Gasteiger partial charge on any atom is 0.271 e. The van der Waals surface area contributed by atoms with Crippen LogP contribution in [0.5, 0.6) is 0 Å². The first kappa shape index (κ1) is 22.5. The fourth-order valence-electron chi connectivity index (χ4n) is 4.71. The lowest BCUT2D eigenvalue weighted by Crippen LogP contribution is -2.51. The summed E-state index contributed by atoms with van der Waals surface area (Å²) in [5.41, 5.74) is 3.27. The van der Waals surface area contributed by atoms with Gasteiger partial charge in [0.2, 0.25) is 0 Å².